The van der Waals surface area contributed by atoms with Gasteiger partial charge in [-0.25, -0.2) is 0 Å². The van der Waals surface area contributed by atoms with Gasteiger partial charge in [-0.05, 0) is 48.4 Å². The fourth-order valence-electron chi connectivity index (χ4n) is 2.39. The monoisotopic (exact) mass is 374 g/mol. The summed E-state index contributed by atoms with van der Waals surface area (Å²) in [7, 11) is 0. The number of Topliss-reactive ketones (excluding diaryl/α,β-unsaturated/α-hetero) is 1. The molecule has 5 nitrogen and oxygen atoms in total. The van der Waals surface area contributed by atoms with E-state index in [2.05, 4.69) is 27.5 Å². The Kier molecular flexibility index (Phi) is 4.38. The van der Waals surface area contributed by atoms with Gasteiger partial charge in [-0.1, -0.05) is 0 Å². The highest BCUT2D eigenvalue weighted by molar-refractivity contribution is 14.1. The van der Waals surface area contributed by atoms with Crippen molar-refractivity contribution in [1.29, 1.82) is 0 Å². The molecule has 0 spiro atoms. The average molecular weight is 374 g/mol. The van der Waals surface area contributed by atoms with Gasteiger partial charge in [0.05, 0.1) is 10.6 Å². The summed E-state index contributed by atoms with van der Waals surface area (Å²) in [6.45, 7) is 3.31. The van der Waals surface area contributed by atoms with Crippen molar-refractivity contribution >= 4 is 39.7 Å². The van der Waals surface area contributed by atoms with Crippen molar-refractivity contribution in [3.63, 3.8) is 0 Å². The Morgan fingerprint density at radius 1 is 1.42 bits per heavy atom. The number of nitro benzene ring substituents is 1. The Labute approximate surface area is 125 Å². The van der Waals surface area contributed by atoms with Crippen LogP contribution < -0.4 is 4.90 Å². The molecule has 0 aliphatic carbocycles. The second-order valence-corrected chi connectivity index (χ2v) is 5.93. The highest BCUT2D eigenvalue weighted by Crippen LogP contribution is 2.30. The van der Waals surface area contributed by atoms with Gasteiger partial charge in [0.25, 0.3) is 5.69 Å². The molecule has 0 saturated carbocycles. The molecule has 1 aromatic carbocycles. The second-order valence-electron chi connectivity index (χ2n) is 4.76. The van der Waals surface area contributed by atoms with E-state index in [9.17, 15) is 14.9 Å². The normalized spacial score (nSPS) is 16.4. The van der Waals surface area contributed by atoms with Crippen molar-refractivity contribution in [2.24, 2.45) is 5.92 Å². The fraction of sp³-hybridized carbons (Fsp3) is 0.462. The summed E-state index contributed by atoms with van der Waals surface area (Å²) in [5.74, 6) is 0.435. The Balaban J connectivity index is 2.11. The molecule has 102 valence electrons. The van der Waals surface area contributed by atoms with Crippen LogP contribution in [0.15, 0.2) is 18.2 Å². The van der Waals surface area contributed by atoms with Crippen LogP contribution in [-0.4, -0.2) is 23.8 Å². The van der Waals surface area contributed by atoms with Crippen molar-refractivity contribution in [2.75, 3.05) is 18.0 Å². The van der Waals surface area contributed by atoms with Crippen molar-refractivity contribution in [3.05, 3.63) is 31.9 Å². The first kappa shape index (κ1) is 14.2. The molecular weight excluding hydrogens is 359 g/mol. The first-order chi connectivity index (χ1) is 8.99. The van der Waals surface area contributed by atoms with Crippen LogP contribution in [0.3, 0.4) is 0 Å². The van der Waals surface area contributed by atoms with E-state index >= 15 is 0 Å². The number of ketones is 1. The highest BCUT2D eigenvalue weighted by atomic mass is 127. The topological polar surface area (TPSA) is 63.5 Å². The molecule has 1 fully saturated rings. The van der Waals surface area contributed by atoms with E-state index < -0.39 is 0 Å². The smallest absolute Gasteiger partial charge is 0.270 e. The largest absolute Gasteiger partial charge is 0.371 e. The maximum atomic E-state index is 11.3. The molecule has 1 aliphatic heterocycles. The van der Waals surface area contributed by atoms with Gasteiger partial charge in [0.2, 0.25) is 0 Å². The number of benzene rings is 1. The Bertz CT molecular complexity index is 511. The number of hydrogen-bond donors (Lipinski definition) is 0. The van der Waals surface area contributed by atoms with E-state index in [0.29, 0.717) is 0 Å². The second kappa shape index (κ2) is 5.85. The predicted molar refractivity (Wildman–Crippen MR) is 81.4 cm³/mol. The molecule has 6 heteroatoms. The summed E-state index contributed by atoms with van der Waals surface area (Å²) in [4.78, 5) is 23.9. The molecule has 0 aromatic heterocycles. The minimum absolute atomic E-state index is 0.117. The number of nitrogens with zero attached hydrogens (tertiary/aromatic N) is 2. The number of nitro groups is 1. The molecule has 0 amide bonds. The Morgan fingerprint density at radius 3 is 2.53 bits per heavy atom. The van der Waals surface area contributed by atoms with Crippen LogP contribution >= 0.6 is 22.6 Å². The van der Waals surface area contributed by atoms with Crippen LogP contribution in [0.2, 0.25) is 0 Å². The van der Waals surface area contributed by atoms with Gasteiger partial charge in [-0.15, -0.1) is 0 Å². The first-order valence-electron chi connectivity index (χ1n) is 6.18. The summed E-state index contributed by atoms with van der Waals surface area (Å²) in [6.07, 6.45) is 1.73. The van der Waals surface area contributed by atoms with Gasteiger partial charge >= 0.3 is 0 Å². The van der Waals surface area contributed by atoms with E-state index in [0.717, 1.165) is 35.2 Å². The van der Waals surface area contributed by atoms with Crippen LogP contribution in [0, 0.1) is 19.6 Å². The van der Waals surface area contributed by atoms with Crippen LogP contribution in [0.5, 0.6) is 0 Å². The quantitative estimate of drug-likeness (QED) is 0.464. The summed E-state index contributed by atoms with van der Waals surface area (Å²) in [6, 6.07) is 4.93. The third-order valence-electron chi connectivity index (χ3n) is 3.55. The van der Waals surface area contributed by atoms with Gasteiger partial charge in [0, 0.05) is 34.7 Å². The maximum Gasteiger partial charge on any atom is 0.270 e. The highest BCUT2D eigenvalue weighted by Gasteiger charge is 2.24. The first-order valence-corrected chi connectivity index (χ1v) is 7.26. The molecular formula is C13H15IN2O3. The molecule has 1 aliphatic rings. The third-order valence-corrected chi connectivity index (χ3v) is 4.42. The SMILES string of the molecule is CC(=O)C1CCN(c2ccc([N+](=O)[O-])cc2I)CC1. The zero-order valence-electron chi connectivity index (χ0n) is 10.6. The Morgan fingerprint density at radius 2 is 2.05 bits per heavy atom. The summed E-state index contributed by atoms with van der Waals surface area (Å²) in [5.41, 5.74) is 1.14. The van der Waals surface area contributed by atoms with Crippen molar-refractivity contribution in [2.45, 2.75) is 19.8 Å². The number of non-ortho nitro benzene ring substituents is 1. The van der Waals surface area contributed by atoms with Gasteiger partial charge in [-0.2, -0.15) is 0 Å². The zero-order chi connectivity index (χ0) is 14.0. The number of halogens is 1. The third kappa shape index (κ3) is 3.23. The van der Waals surface area contributed by atoms with Gasteiger partial charge < -0.3 is 4.90 Å². The van der Waals surface area contributed by atoms with E-state index in [4.69, 9.17) is 0 Å². The molecule has 1 heterocycles. The molecule has 0 atom stereocenters. The fourth-order valence-corrected chi connectivity index (χ4v) is 3.23. The predicted octanol–water partition coefficient (Wildman–Crippen LogP) is 3.00. The summed E-state index contributed by atoms with van der Waals surface area (Å²) < 4.78 is 0.882. The lowest BCUT2D eigenvalue weighted by molar-refractivity contribution is -0.384. The molecule has 0 bridgehead atoms. The van der Waals surface area contributed by atoms with Crippen LogP contribution in [0.4, 0.5) is 11.4 Å². The zero-order valence-corrected chi connectivity index (χ0v) is 12.8. The van der Waals surface area contributed by atoms with Crippen LogP contribution in [0.1, 0.15) is 19.8 Å². The van der Waals surface area contributed by atoms with Gasteiger partial charge in [-0.3, -0.25) is 14.9 Å². The summed E-state index contributed by atoms with van der Waals surface area (Å²) >= 11 is 2.13. The van der Waals surface area contributed by atoms with Crippen molar-refractivity contribution < 1.29 is 9.72 Å². The summed E-state index contributed by atoms with van der Waals surface area (Å²) in [5, 5.41) is 10.7. The molecule has 0 radical (unpaired) electrons. The molecule has 0 unspecified atom stereocenters. The number of carbonyl (C=O) groups is 1. The molecule has 2 rings (SSSR count). The molecule has 0 N–H and O–H groups in total. The number of hydrogen-bond acceptors (Lipinski definition) is 4. The van der Waals surface area contributed by atoms with Crippen molar-refractivity contribution in [1.82, 2.24) is 0 Å². The number of piperidine rings is 1. The van der Waals surface area contributed by atoms with E-state index in [1.807, 2.05) is 0 Å². The van der Waals surface area contributed by atoms with Crippen LogP contribution in [-0.2, 0) is 4.79 Å². The van der Waals surface area contributed by atoms with E-state index in [-0.39, 0.29) is 22.3 Å². The van der Waals surface area contributed by atoms with E-state index in [1.165, 1.54) is 6.07 Å². The van der Waals surface area contributed by atoms with Gasteiger partial charge in [0.1, 0.15) is 5.78 Å². The minimum atomic E-state index is -0.381. The molecule has 1 aromatic rings. The van der Waals surface area contributed by atoms with Gasteiger partial charge in [0.15, 0.2) is 0 Å². The molecule has 19 heavy (non-hydrogen) atoms. The lowest BCUT2D eigenvalue weighted by Crippen LogP contribution is -2.36. The lowest BCUT2D eigenvalue weighted by atomic mass is 9.93. The Hall–Kier alpha value is -1.18. The number of carbonyl (C=O) groups excluding carboxylic acids is 1. The molecule has 1 saturated heterocycles. The number of anilines is 1. The maximum absolute atomic E-state index is 11.3. The van der Waals surface area contributed by atoms with Crippen molar-refractivity contribution in [3.8, 4) is 0 Å². The number of rotatable bonds is 3. The van der Waals surface area contributed by atoms with Crippen LogP contribution in [0.25, 0.3) is 0 Å². The minimum Gasteiger partial charge on any atom is -0.371 e. The average Bonchev–Trinajstić information content (AvgIpc) is 2.38. The standard InChI is InChI=1S/C13H15IN2O3/c1-9(17)10-4-6-15(7-5-10)13-3-2-11(16(18)19)8-12(13)14/h2-3,8,10H,4-7H2,1H3. The lowest BCUT2D eigenvalue weighted by Gasteiger charge is -2.33. The van der Waals surface area contributed by atoms with E-state index in [1.54, 1.807) is 19.1 Å².